The van der Waals surface area contributed by atoms with Gasteiger partial charge < -0.3 is 15.0 Å². The summed E-state index contributed by atoms with van der Waals surface area (Å²) in [6.07, 6.45) is 6.81. The third kappa shape index (κ3) is 5.55. The Kier molecular flexibility index (Phi) is 7.39. The molecule has 0 radical (unpaired) electrons. The minimum atomic E-state index is -0.872. The summed E-state index contributed by atoms with van der Waals surface area (Å²) in [6, 6.07) is 5.11. The predicted molar refractivity (Wildman–Crippen MR) is 113 cm³/mol. The van der Waals surface area contributed by atoms with Crippen molar-refractivity contribution in [1.82, 2.24) is 15.2 Å². The Morgan fingerprint density at radius 2 is 2.23 bits per heavy atom. The van der Waals surface area contributed by atoms with Gasteiger partial charge in [-0.05, 0) is 44.2 Å². The number of nitrogens with zero attached hydrogens (tertiary/aromatic N) is 2. The topological polar surface area (TPSA) is 54.5 Å². The number of carbonyl (C=O) groups excluding carboxylic acids is 1. The van der Waals surface area contributed by atoms with Gasteiger partial charge in [0.25, 0.3) is 5.91 Å². The maximum absolute atomic E-state index is 13.9. The first kappa shape index (κ1) is 22.2. The van der Waals surface area contributed by atoms with Crippen molar-refractivity contribution in [2.45, 2.75) is 31.9 Å². The molecule has 8 heteroatoms. The summed E-state index contributed by atoms with van der Waals surface area (Å²) < 4.78 is 33.0. The molecule has 30 heavy (non-hydrogen) atoms. The lowest BCUT2D eigenvalue weighted by Crippen LogP contribution is -2.31. The maximum atomic E-state index is 13.9. The molecule has 1 fully saturated rings. The van der Waals surface area contributed by atoms with Crippen molar-refractivity contribution in [2.75, 3.05) is 20.1 Å². The Bertz CT molecular complexity index is 939. The lowest BCUT2D eigenvalue weighted by Gasteiger charge is -2.18. The molecule has 160 valence electrons. The van der Waals surface area contributed by atoms with Crippen molar-refractivity contribution in [3.05, 3.63) is 64.5 Å². The quantitative estimate of drug-likeness (QED) is 0.658. The van der Waals surface area contributed by atoms with Gasteiger partial charge in [-0.1, -0.05) is 23.8 Å². The summed E-state index contributed by atoms with van der Waals surface area (Å²) in [6.45, 7) is 2.78. The molecule has 1 aliphatic heterocycles. The monoisotopic (exact) mass is 435 g/mol. The molecule has 1 aromatic heterocycles. The largest absolute Gasteiger partial charge is 0.485 e. The minimum absolute atomic E-state index is 0.153. The van der Waals surface area contributed by atoms with Gasteiger partial charge in [-0.25, -0.2) is 13.8 Å². The first-order valence-electron chi connectivity index (χ1n) is 9.77. The van der Waals surface area contributed by atoms with Crippen LogP contribution in [0.25, 0.3) is 6.08 Å². The molecule has 2 heterocycles. The number of nitrogens with one attached hydrogen (secondary N) is 1. The molecule has 1 amide bonds. The van der Waals surface area contributed by atoms with Gasteiger partial charge in [0.2, 0.25) is 0 Å². The van der Waals surface area contributed by atoms with Crippen LogP contribution >= 0.6 is 11.6 Å². The molecule has 0 spiro atoms. The van der Waals surface area contributed by atoms with Gasteiger partial charge in [0.05, 0.1) is 12.1 Å². The van der Waals surface area contributed by atoms with Crippen molar-refractivity contribution in [1.29, 1.82) is 0 Å². The fourth-order valence-corrected chi connectivity index (χ4v) is 3.31. The number of benzene rings is 1. The van der Waals surface area contributed by atoms with Crippen LogP contribution < -0.4 is 10.1 Å². The van der Waals surface area contributed by atoms with Crippen molar-refractivity contribution < 1.29 is 18.3 Å². The van der Waals surface area contributed by atoms with E-state index in [1.807, 2.05) is 19.2 Å². The number of hydrogen-bond donors (Lipinski definition) is 1. The highest BCUT2D eigenvalue weighted by Crippen LogP contribution is 2.27. The molecule has 1 saturated heterocycles. The van der Waals surface area contributed by atoms with Crippen LogP contribution in [0.3, 0.4) is 0 Å². The lowest BCUT2D eigenvalue weighted by atomic mass is 10.2. The number of aromatic nitrogens is 1. The highest BCUT2D eigenvalue weighted by molar-refractivity contribution is 6.30. The molecule has 2 aromatic rings. The van der Waals surface area contributed by atoms with Crippen LogP contribution in [0.15, 0.2) is 36.5 Å². The normalized spacial score (nSPS) is 17.5. The van der Waals surface area contributed by atoms with E-state index < -0.39 is 17.5 Å². The van der Waals surface area contributed by atoms with E-state index in [9.17, 15) is 13.6 Å². The van der Waals surface area contributed by atoms with Crippen LogP contribution in [0.2, 0.25) is 5.15 Å². The Hall–Kier alpha value is -2.51. The molecular weight excluding hydrogens is 412 g/mol. The van der Waals surface area contributed by atoms with E-state index in [4.69, 9.17) is 16.3 Å². The summed E-state index contributed by atoms with van der Waals surface area (Å²) in [4.78, 5) is 18.2. The molecule has 2 atom stereocenters. The van der Waals surface area contributed by atoms with Gasteiger partial charge >= 0.3 is 0 Å². The van der Waals surface area contributed by atoms with Gasteiger partial charge in [-0.3, -0.25) is 4.79 Å². The highest BCUT2D eigenvalue weighted by Gasteiger charge is 2.30. The van der Waals surface area contributed by atoms with Gasteiger partial charge in [-0.2, -0.15) is 0 Å². The maximum Gasteiger partial charge on any atom is 0.256 e. The third-order valence-electron chi connectivity index (χ3n) is 5.01. The summed E-state index contributed by atoms with van der Waals surface area (Å²) in [5, 5.41) is 3.41. The van der Waals surface area contributed by atoms with E-state index in [0.717, 1.165) is 24.1 Å². The molecule has 0 saturated carbocycles. The fourth-order valence-electron chi connectivity index (χ4n) is 3.16. The number of pyridine rings is 1. The predicted octanol–water partition coefficient (Wildman–Crippen LogP) is 4.32. The van der Waals surface area contributed by atoms with E-state index in [2.05, 4.69) is 17.2 Å². The smallest absolute Gasteiger partial charge is 0.256 e. The number of likely N-dealkylation sites (tertiary alicyclic amines) is 1. The van der Waals surface area contributed by atoms with Gasteiger partial charge in [0.1, 0.15) is 17.7 Å². The fraction of sp³-hybridized carbons (Fsp3) is 0.364. The van der Waals surface area contributed by atoms with E-state index in [1.54, 1.807) is 12.3 Å². The second-order valence-electron chi connectivity index (χ2n) is 7.29. The van der Waals surface area contributed by atoms with E-state index >= 15 is 0 Å². The number of hydrogen-bond acceptors (Lipinski definition) is 4. The summed E-state index contributed by atoms with van der Waals surface area (Å²) >= 11 is 6.18. The lowest BCUT2D eigenvalue weighted by molar-refractivity contribution is 0.0767. The van der Waals surface area contributed by atoms with Crippen LogP contribution in [0.1, 0.15) is 35.7 Å². The molecule has 0 bridgehead atoms. The number of carbonyl (C=O) groups is 1. The molecule has 0 aliphatic carbocycles. The van der Waals surface area contributed by atoms with Crippen molar-refractivity contribution in [3.8, 4) is 5.75 Å². The highest BCUT2D eigenvalue weighted by atomic mass is 35.5. The van der Waals surface area contributed by atoms with E-state index in [0.29, 0.717) is 30.8 Å². The van der Waals surface area contributed by atoms with Gasteiger partial charge in [0, 0.05) is 31.3 Å². The Balaban J connectivity index is 1.63. The summed E-state index contributed by atoms with van der Waals surface area (Å²) in [7, 11) is 1.91. The number of rotatable bonds is 7. The standard InChI is InChI=1S/C22H24ClF2N3O2/c1-14(26-2)4-3-5-15-10-20(21(23)27-12-15)30-17-8-9-28(13-17)22(29)18-7-6-16(24)11-19(18)25/h3,5-7,10-12,14,17,26H,4,8-9,13H2,1-2H3/t14-,17+/m0/s1. The zero-order valence-electron chi connectivity index (χ0n) is 16.9. The second-order valence-corrected chi connectivity index (χ2v) is 7.65. The van der Waals surface area contributed by atoms with Gasteiger partial charge in [0.15, 0.2) is 10.9 Å². The number of amides is 1. The van der Waals surface area contributed by atoms with Crippen LogP contribution in [0, 0.1) is 11.6 Å². The number of ether oxygens (including phenoxy) is 1. The molecule has 1 N–H and O–H groups in total. The van der Waals surface area contributed by atoms with Crippen LogP contribution in [-0.4, -0.2) is 48.1 Å². The van der Waals surface area contributed by atoms with Crippen molar-refractivity contribution in [2.24, 2.45) is 0 Å². The van der Waals surface area contributed by atoms with Crippen LogP contribution in [-0.2, 0) is 0 Å². The van der Waals surface area contributed by atoms with Gasteiger partial charge in [-0.15, -0.1) is 0 Å². The van der Waals surface area contributed by atoms with Crippen LogP contribution in [0.5, 0.6) is 5.75 Å². The summed E-state index contributed by atoms with van der Waals surface area (Å²) in [5.41, 5.74) is 0.705. The van der Waals surface area contributed by atoms with Crippen LogP contribution in [0.4, 0.5) is 8.78 Å². The Morgan fingerprint density at radius 3 is 2.97 bits per heavy atom. The third-order valence-corrected chi connectivity index (χ3v) is 5.29. The molecule has 3 rings (SSSR count). The minimum Gasteiger partial charge on any atom is -0.485 e. The average Bonchev–Trinajstić information content (AvgIpc) is 3.18. The van der Waals surface area contributed by atoms with Crippen molar-refractivity contribution in [3.63, 3.8) is 0 Å². The van der Waals surface area contributed by atoms with E-state index in [1.165, 1.54) is 4.90 Å². The molecule has 1 aromatic carbocycles. The molecular formula is C22H24ClF2N3O2. The Morgan fingerprint density at radius 1 is 1.43 bits per heavy atom. The first-order valence-corrected chi connectivity index (χ1v) is 10.2. The SMILES string of the molecule is CN[C@@H](C)CC=Cc1cnc(Cl)c(O[C@@H]2CCN(C(=O)c3ccc(F)cc3F)C2)c1. The number of halogens is 3. The first-order chi connectivity index (χ1) is 14.4. The van der Waals surface area contributed by atoms with E-state index in [-0.39, 0.29) is 23.4 Å². The zero-order valence-corrected chi connectivity index (χ0v) is 17.6. The molecule has 0 unspecified atom stereocenters. The average molecular weight is 436 g/mol. The second kappa shape index (κ2) is 10.00. The summed E-state index contributed by atoms with van der Waals surface area (Å²) in [5.74, 6) is -1.64. The molecule has 5 nitrogen and oxygen atoms in total. The van der Waals surface area contributed by atoms with Crippen molar-refractivity contribution >= 4 is 23.6 Å². The zero-order chi connectivity index (χ0) is 21.7. The molecule has 1 aliphatic rings. The Labute approximate surface area is 179 Å².